The van der Waals surface area contributed by atoms with Gasteiger partial charge in [0.2, 0.25) is 0 Å². The van der Waals surface area contributed by atoms with Crippen LogP contribution in [0, 0.1) is 6.92 Å². The maximum atomic E-state index is 12.9. The average Bonchev–Trinajstić information content (AvgIpc) is 3.15. The lowest BCUT2D eigenvalue weighted by Crippen LogP contribution is -2.17. The lowest BCUT2D eigenvalue weighted by atomic mass is 10.0. The van der Waals surface area contributed by atoms with E-state index in [1.165, 1.54) is 11.8 Å². The molecule has 0 spiro atoms. The topological polar surface area (TPSA) is 60.9 Å². The van der Waals surface area contributed by atoms with Gasteiger partial charge in [0.1, 0.15) is 5.76 Å². The van der Waals surface area contributed by atoms with Crippen LogP contribution in [0.15, 0.2) is 46.2 Å². The summed E-state index contributed by atoms with van der Waals surface area (Å²) in [5.41, 5.74) is 2.94. The number of hydrogen-bond acceptors (Lipinski definition) is 5. The van der Waals surface area contributed by atoms with Gasteiger partial charge in [-0.1, -0.05) is 36.0 Å². The molecule has 3 aromatic rings. The smallest absolute Gasteiger partial charge is 0.191 e. The van der Waals surface area contributed by atoms with Crippen LogP contribution in [0.25, 0.3) is 11.4 Å². The molecular weight excluding hydrogens is 334 g/mol. The monoisotopic (exact) mass is 353 g/mol. The predicted molar refractivity (Wildman–Crippen MR) is 96.8 cm³/mol. The molecule has 2 heterocycles. The van der Waals surface area contributed by atoms with Crippen LogP contribution in [-0.2, 0) is 13.5 Å². The van der Waals surface area contributed by atoms with Crippen molar-refractivity contribution in [2.75, 3.05) is 0 Å². The summed E-state index contributed by atoms with van der Waals surface area (Å²) in [7, 11) is 1.93. The van der Waals surface area contributed by atoms with Crippen molar-refractivity contribution in [1.82, 2.24) is 14.8 Å². The van der Waals surface area contributed by atoms with Crippen molar-refractivity contribution < 1.29 is 9.21 Å². The van der Waals surface area contributed by atoms with E-state index < -0.39 is 0 Å². The summed E-state index contributed by atoms with van der Waals surface area (Å²) < 4.78 is 7.30. The summed E-state index contributed by atoms with van der Waals surface area (Å²) in [5.74, 6) is 1.77. The van der Waals surface area contributed by atoms with E-state index in [1.807, 2.05) is 42.8 Å². The number of Topliss-reactive ketones (excluding diaryl/α,β-unsaturated/α-hetero) is 1. The Kier molecular flexibility index (Phi) is 4.21. The molecule has 1 aliphatic rings. The van der Waals surface area contributed by atoms with Crippen LogP contribution in [0.2, 0.25) is 0 Å². The third kappa shape index (κ3) is 2.91. The molecular formula is C19H19N3O2S. The Morgan fingerprint density at radius 2 is 2.04 bits per heavy atom. The Morgan fingerprint density at radius 3 is 2.84 bits per heavy atom. The zero-order valence-corrected chi connectivity index (χ0v) is 15.0. The molecule has 1 aromatic carbocycles. The number of aryl methyl sites for hydroxylation is 2. The lowest BCUT2D eigenvalue weighted by Gasteiger charge is -2.12. The van der Waals surface area contributed by atoms with Gasteiger partial charge in [0.15, 0.2) is 16.8 Å². The standard InChI is InChI=1S/C19H19N3O2S/c1-12-14(10-11-24-12)18-20-21-19(22(18)2)25-16-9-5-7-13-6-3-4-8-15(13)17(16)23/h3-4,6,8,10-11,16H,5,7,9H2,1-2H3. The summed E-state index contributed by atoms with van der Waals surface area (Å²) in [6, 6.07) is 9.82. The van der Waals surface area contributed by atoms with Crippen molar-refractivity contribution in [2.24, 2.45) is 7.05 Å². The number of carbonyl (C=O) groups is 1. The third-order valence-electron chi connectivity index (χ3n) is 4.67. The molecule has 0 aliphatic heterocycles. The zero-order chi connectivity index (χ0) is 17.4. The molecule has 1 unspecified atom stereocenters. The molecule has 0 amide bonds. The number of furan rings is 1. The molecule has 4 rings (SSSR count). The average molecular weight is 353 g/mol. The van der Waals surface area contributed by atoms with Gasteiger partial charge in [0.25, 0.3) is 0 Å². The number of rotatable bonds is 3. The molecule has 1 aliphatic carbocycles. The number of aromatic nitrogens is 3. The van der Waals surface area contributed by atoms with E-state index in [2.05, 4.69) is 16.3 Å². The van der Waals surface area contributed by atoms with Gasteiger partial charge in [-0.2, -0.15) is 0 Å². The third-order valence-corrected chi connectivity index (χ3v) is 5.97. The molecule has 0 radical (unpaired) electrons. The molecule has 1 atom stereocenters. The first kappa shape index (κ1) is 16.1. The quantitative estimate of drug-likeness (QED) is 0.665. The van der Waals surface area contributed by atoms with Crippen molar-refractivity contribution in [3.05, 3.63) is 53.5 Å². The van der Waals surface area contributed by atoms with Gasteiger partial charge in [-0.05, 0) is 37.8 Å². The van der Waals surface area contributed by atoms with Crippen molar-refractivity contribution in [3.8, 4) is 11.4 Å². The number of nitrogens with zero attached hydrogens (tertiary/aromatic N) is 3. The zero-order valence-electron chi connectivity index (χ0n) is 14.2. The molecule has 0 fully saturated rings. The summed E-state index contributed by atoms with van der Waals surface area (Å²) >= 11 is 1.51. The van der Waals surface area contributed by atoms with E-state index in [0.717, 1.165) is 52.7 Å². The highest BCUT2D eigenvalue weighted by atomic mass is 32.2. The van der Waals surface area contributed by atoms with Crippen LogP contribution in [0.1, 0.15) is 34.5 Å². The first-order valence-electron chi connectivity index (χ1n) is 8.38. The Bertz CT molecular complexity index is 928. The first-order valence-corrected chi connectivity index (χ1v) is 9.25. The SMILES string of the molecule is Cc1occc1-c1nnc(SC2CCCc3ccccc3C2=O)n1C. The summed E-state index contributed by atoms with van der Waals surface area (Å²) in [4.78, 5) is 12.9. The molecule has 5 nitrogen and oxygen atoms in total. The van der Waals surface area contributed by atoms with E-state index in [-0.39, 0.29) is 11.0 Å². The van der Waals surface area contributed by atoms with Crippen molar-refractivity contribution in [3.63, 3.8) is 0 Å². The van der Waals surface area contributed by atoms with Gasteiger partial charge in [-0.3, -0.25) is 4.79 Å². The molecule has 2 aromatic heterocycles. The number of ketones is 1. The molecule has 0 saturated carbocycles. The minimum absolute atomic E-state index is 0.121. The summed E-state index contributed by atoms with van der Waals surface area (Å²) in [5, 5.41) is 9.25. The van der Waals surface area contributed by atoms with Gasteiger partial charge in [-0.25, -0.2) is 0 Å². The molecule has 0 saturated heterocycles. The van der Waals surface area contributed by atoms with Crippen LogP contribution in [0.3, 0.4) is 0 Å². The van der Waals surface area contributed by atoms with Crippen LogP contribution >= 0.6 is 11.8 Å². The highest BCUT2D eigenvalue weighted by Crippen LogP contribution is 2.33. The van der Waals surface area contributed by atoms with Crippen molar-refractivity contribution >= 4 is 17.5 Å². The highest BCUT2D eigenvalue weighted by molar-refractivity contribution is 8.00. The normalized spacial score (nSPS) is 17.4. The number of thioether (sulfide) groups is 1. The minimum atomic E-state index is -0.121. The predicted octanol–water partition coefficient (Wildman–Crippen LogP) is 4.06. The van der Waals surface area contributed by atoms with E-state index in [0.29, 0.717) is 0 Å². The maximum absolute atomic E-state index is 12.9. The van der Waals surface area contributed by atoms with Gasteiger partial charge in [0, 0.05) is 12.6 Å². The number of hydrogen-bond donors (Lipinski definition) is 0. The molecule has 0 N–H and O–H groups in total. The van der Waals surface area contributed by atoms with E-state index in [4.69, 9.17) is 4.42 Å². The molecule has 25 heavy (non-hydrogen) atoms. The maximum Gasteiger partial charge on any atom is 0.191 e. The van der Waals surface area contributed by atoms with Crippen molar-refractivity contribution in [2.45, 2.75) is 36.6 Å². The molecule has 0 bridgehead atoms. The minimum Gasteiger partial charge on any atom is -0.469 e. The fourth-order valence-electron chi connectivity index (χ4n) is 3.27. The molecule has 6 heteroatoms. The summed E-state index contributed by atoms with van der Waals surface area (Å²) in [6.07, 6.45) is 4.46. The van der Waals surface area contributed by atoms with Crippen LogP contribution < -0.4 is 0 Å². The highest BCUT2D eigenvalue weighted by Gasteiger charge is 2.28. The van der Waals surface area contributed by atoms with Gasteiger partial charge in [-0.15, -0.1) is 10.2 Å². The molecule has 128 valence electrons. The van der Waals surface area contributed by atoms with E-state index in [9.17, 15) is 4.79 Å². The Morgan fingerprint density at radius 1 is 1.20 bits per heavy atom. The fraction of sp³-hybridized carbons (Fsp3) is 0.316. The Labute approximate surface area is 150 Å². The second kappa shape index (κ2) is 6.52. The summed E-state index contributed by atoms with van der Waals surface area (Å²) in [6.45, 7) is 1.91. The van der Waals surface area contributed by atoms with Crippen LogP contribution in [0.4, 0.5) is 0 Å². The van der Waals surface area contributed by atoms with Crippen molar-refractivity contribution in [1.29, 1.82) is 0 Å². The number of carbonyl (C=O) groups excluding carboxylic acids is 1. The largest absolute Gasteiger partial charge is 0.469 e. The number of benzene rings is 1. The first-order chi connectivity index (χ1) is 12.1. The Hall–Kier alpha value is -2.34. The van der Waals surface area contributed by atoms with Gasteiger partial charge in [0.05, 0.1) is 17.1 Å². The van der Waals surface area contributed by atoms with E-state index >= 15 is 0 Å². The fourth-order valence-corrected chi connectivity index (χ4v) is 4.38. The lowest BCUT2D eigenvalue weighted by molar-refractivity contribution is 0.0988. The van der Waals surface area contributed by atoms with Crippen LogP contribution in [-0.4, -0.2) is 25.8 Å². The van der Waals surface area contributed by atoms with Gasteiger partial charge < -0.3 is 8.98 Å². The Balaban J connectivity index is 1.62. The second-order valence-corrected chi connectivity index (χ2v) is 7.45. The second-order valence-electron chi connectivity index (χ2n) is 6.28. The van der Waals surface area contributed by atoms with Crippen LogP contribution in [0.5, 0.6) is 0 Å². The van der Waals surface area contributed by atoms with E-state index in [1.54, 1.807) is 6.26 Å². The van der Waals surface area contributed by atoms with Gasteiger partial charge >= 0.3 is 0 Å². The number of fused-ring (bicyclic) bond motifs is 1.